The highest BCUT2D eigenvalue weighted by atomic mass is 32.2. The summed E-state index contributed by atoms with van der Waals surface area (Å²) in [6.07, 6.45) is 4.83. The first kappa shape index (κ1) is 14.9. The lowest BCUT2D eigenvalue weighted by Crippen LogP contribution is -2.45. The SMILES string of the molecule is O=C(Nc1ccccc1SC1CCCC1)C1CNCCO1. The second-order valence-electron chi connectivity index (χ2n) is 5.57. The number of anilines is 1. The first-order valence-corrected chi connectivity index (χ1v) is 8.60. The Labute approximate surface area is 130 Å². The molecule has 0 radical (unpaired) electrons. The number of benzene rings is 1. The van der Waals surface area contributed by atoms with Gasteiger partial charge in [0.15, 0.2) is 0 Å². The van der Waals surface area contributed by atoms with Gasteiger partial charge in [-0.1, -0.05) is 25.0 Å². The first-order chi connectivity index (χ1) is 10.3. The maximum Gasteiger partial charge on any atom is 0.254 e. The van der Waals surface area contributed by atoms with Crippen LogP contribution in [0.5, 0.6) is 0 Å². The molecule has 2 fully saturated rings. The molecule has 1 aromatic rings. The van der Waals surface area contributed by atoms with Crippen LogP contribution < -0.4 is 10.6 Å². The minimum Gasteiger partial charge on any atom is -0.366 e. The molecule has 0 spiro atoms. The minimum absolute atomic E-state index is 0.0540. The number of morpholine rings is 1. The van der Waals surface area contributed by atoms with Crippen LogP contribution in [0, 0.1) is 0 Å². The smallest absolute Gasteiger partial charge is 0.254 e. The van der Waals surface area contributed by atoms with Crippen LogP contribution >= 0.6 is 11.8 Å². The van der Waals surface area contributed by atoms with Gasteiger partial charge in [-0.2, -0.15) is 0 Å². The number of carbonyl (C=O) groups excluding carboxylic acids is 1. The normalized spacial score (nSPS) is 23.1. The standard InChI is InChI=1S/C16H22N2O2S/c19-16(14-11-17-9-10-20-14)18-13-7-3-4-8-15(13)21-12-5-1-2-6-12/h3-4,7-8,12,14,17H,1-2,5-6,9-11H2,(H,18,19). The monoisotopic (exact) mass is 306 g/mol. The molecule has 4 nitrogen and oxygen atoms in total. The summed E-state index contributed by atoms with van der Waals surface area (Å²) in [5, 5.41) is 6.90. The second kappa shape index (κ2) is 7.29. The predicted molar refractivity (Wildman–Crippen MR) is 85.8 cm³/mol. The van der Waals surface area contributed by atoms with Gasteiger partial charge in [-0.3, -0.25) is 4.79 Å². The van der Waals surface area contributed by atoms with E-state index in [2.05, 4.69) is 16.7 Å². The van der Waals surface area contributed by atoms with Gasteiger partial charge in [0, 0.05) is 23.2 Å². The molecule has 1 heterocycles. The highest BCUT2D eigenvalue weighted by Crippen LogP contribution is 2.38. The summed E-state index contributed by atoms with van der Waals surface area (Å²) in [7, 11) is 0. The highest BCUT2D eigenvalue weighted by molar-refractivity contribution is 8.00. The van der Waals surface area contributed by atoms with Crippen molar-refractivity contribution < 1.29 is 9.53 Å². The second-order valence-corrected chi connectivity index (χ2v) is 6.92. The van der Waals surface area contributed by atoms with E-state index in [0.717, 1.165) is 12.2 Å². The molecule has 21 heavy (non-hydrogen) atoms. The summed E-state index contributed by atoms with van der Waals surface area (Å²) in [6, 6.07) is 8.07. The Morgan fingerprint density at radius 3 is 2.86 bits per heavy atom. The maximum atomic E-state index is 12.3. The zero-order valence-electron chi connectivity index (χ0n) is 12.1. The molecule has 3 rings (SSSR count). The number of rotatable bonds is 4. The van der Waals surface area contributed by atoms with Gasteiger partial charge in [0.2, 0.25) is 0 Å². The molecular formula is C16H22N2O2S. The molecular weight excluding hydrogens is 284 g/mol. The molecule has 5 heteroatoms. The Hall–Kier alpha value is -1.04. The Morgan fingerprint density at radius 2 is 2.10 bits per heavy atom. The topological polar surface area (TPSA) is 50.4 Å². The summed E-state index contributed by atoms with van der Waals surface area (Å²) in [5.74, 6) is -0.0540. The zero-order valence-corrected chi connectivity index (χ0v) is 13.0. The van der Waals surface area contributed by atoms with Gasteiger partial charge in [-0.25, -0.2) is 0 Å². The average molecular weight is 306 g/mol. The van der Waals surface area contributed by atoms with Crippen molar-refractivity contribution in [2.24, 2.45) is 0 Å². The van der Waals surface area contributed by atoms with E-state index in [1.165, 1.54) is 30.6 Å². The van der Waals surface area contributed by atoms with Gasteiger partial charge in [0.25, 0.3) is 5.91 Å². The van der Waals surface area contributed by atoms with Crippen LogP contribution in [0.3, 0.4) is 0 Å². The average Bonchev–Trinajstić information content (AvgIpc) is 3.03. The van der Waals surface area contributed by atoms with Crippen LogP contribution in [0.25, 0.3) is 0 Å². The van der Waals surface area contributed by atoms with E-state index in [4.69, 9.17) is 4.74 Å². The van der Waals surface area contributed by atoms with Gasteiger partial charge >= 0.3 is 0 Å². The Kier molecular flexibility index (Phi) is 5.17. The van der Waals surface area contributed by atoms with Gasteiger partial charge < -0.3 is 15.4 Å². The van der Waals surface area contributed by atoms with E-state index in [9.17, 15) is 4.79 Å². The molecule has 114 valence electrons. The molecule has 1 saturated heterocycles. The quantitative estimate of drug-likeness (QED) is 0.898. The van der Waals surface area contributed by atoms with Crippen LogP contribution in [0.4, 0.5) is 5.69 Å². The lowest BCUT2D eigenvalue weighted by molar-refractivity contribution is -0.128. The van der Waals surface area contributed by atoms with E-state index in [0.29, 0.717) is 18.4 Å². The molecule has 0 aromatic heterocycles. The molecule has 1 aromatic carbocycles. The van der Waals surface area contributed by atoms with E-state index in [-0.39, 0.29) is 12.0 Å². The molecule has 1 aliphatic heterocycles. The van der Waals surface area contributed by atoms with Crippen molar-refractivity contribution in [3.05, 3.63) is 24.3 Å². The lowest BCUT2D eigenvalue weighted by Gasteiger charge is -2.23. The number of amides is 1. The van der Waals surface area contributed by atoms with E-state index < -0.39 is 0 Å². The third kappa shape index (κ3) is 3.99. The van der Waals surface area contributed by atoms with Gasteiger partial charge in [-0.05, 0) is 25.0 Å². The largest absolute Gasteiger partial charge is 0.366 e. The maximum absolute atomic E-state index is 12.3. The van der Waals surface area contributed by atoms with Crippen LogP contribution in [-0.2, 0) is 9.53 Å². The molecule has 2 N–H and O–H groups in total. The number of ether oxygens (including phenoxy) is 1. The fourth-order valence-electron chi connectivity index (χ4n) is 2.81. The third-order valence-corrected chi connectivity index (χ3v) is 5.38. The molecule has 0 bridgehead atoms. The predicted octanol–water partition coefficient (Wildman–Crippen LogP) is 2.65. The zero-order chi connectivity index (χ0) is 14.5. The first-order valence-electron chi connectivity index (χ1n) is 7.72. The fourth-order valence-corrected chi connectivity index (χ4v) is 4.14. The molecule has 1 amide bonds. The van der Waals surface area contributed by atoms with Crippen molar-refractivity contribution in [3.63, 3.8) is 0 Å². The van der Waals surface area contributed by atoms with Gasteiger partial charge in [0.05, 0.1) is 12.3 Å². The Bertz CT molecular complexity index is 483. The van der Waals surface area contributed by atoms with Crippen molar-refractivity contribution in [1.29, 1.82) is 0 Å². The van der Waals surface area contributed by atoms with E-state index >= 15 is 0 Å². The van der Waals surface area contributed by atoms with E-state index in [1.807, 2.05) is 30.0 Å². The van der Waals surface area contributed by atoms with Crippen molar-refractivity contribution in [1.82, 2.24) is 5.32 Å². The molecule has 2 aliphatic rings. The summed E-state index contributed by atoms with van der Waals surface area (Å²) in [4.78, 5) is 13.4. The molecule has 1 aliphatic carbocycles. The summed E-state index contributed by atoms with van der Waals surface area (Å²) < 4.78 is 5.50. The highest BCUT2D eigenvalue weighted by Gasteiger charge is 2.23. The molecule has 1 unspecified atom stereocenters. The number of thioether (sulfide) groups is 1. The number of para-hydroxylation sites is 1. The van der Waals surface area contributed by atoms with Crippen LogP contribution in [-0.4, -0.2) is 37.0 Å². The Morgan fingerprint density at radius 1 is 1.29 bits per heavy atom. The van der Waals surface area contributed by atoms with Crippen molar-refractivity contribution in [2.75, 3.05) is 25.0 Å². The van der Waals surface area contributed by atoms with Crippen LogP contribution in [0.1, 0.15) is 25.7 Å². The summed E-state index contributed by atoms with van der Waals surface area (Å²) >= 11 is 1.90. The third-order valence-electron chi connectivity index (χ3n) is 3.96. The van der Waals surface area contributed by atoms with Crippen molar-refractivity contribution in [2.45, 2.75) is 41.9 Å². The number of hydrogen-bond acceptors (Lipinski definition) is 4. The Balaban J connectivity index is 1.65. The number of carbonyl (C=O) groups is 1. The van der Waals surface area contributed by atoms with E-state index in [1.54, 1.807) is 0 Å². The van der Waals surface area contributed by atoms with Gasteiger partial charge in [-0.15, -0.1) is 11.8 Å². The van der Waals surface area contributed by atoms with Gasteiger partial charge in [0.1, 0.15) is 6.10 Å². The summed E-state index contributed by atoms with van der Waals surface area (Å²) in [6.45, 7) is 2.00. The molecule has 1 saturated carbocycles. The summed E-state index contributed by atoms with van der Waals surface area (Å²) in [5.41, 5.74) is 0.911. The number of hydrogen-bond donors (Lipinski definition) is 2. The molecule has 1 atom stereocenters. The fraction of sp³-hybridized carbons (Fsp3) is 0.562. The van der Waals surface area contributed by atoms with Crippen LogP contribution in [0.15, 0.2) is 29.2 Å². The van der Waals surface area contributed by atoms with Crippen molar-refractivity contribution >= 4 is 23.4 Å². The number of nitrogens with one attached hydrogen (secondary N) is 2. The lowest BCUT2D eigenvalue weighted by atomic mass is 10.2. The minimum atomic E-state index is -0.386. The van der Waals surface area contributed by atoms with Crippen molar-refractivity contribution in [3.8, 4) is 0 Å². The van der Waals surface area contributed by atoms with Crippen LogP contribution in [0.2, 0.25) is 0 Å².